The smallest absolute Gasteiger partial charge is 0.347 e. The summed E-state index contributed by atoms with van der Waals surface area (Å²) < 4.78 is 12.3. The number of nitrogens with one attached hydrogen (secondary N) is 1. The lowest BCUT2D eigenvalue weighted by atomic mass is 10.1. The third kappa shape index (κ3) is 2.34. The molecule has 0 amide bonds. The van der Waals surface area contributed by atoms with Crippen LogP contribution >= 0.6 is 15.9 Å². The summed E-state index contributed by atoms with van der Waals surface area (Å²) in [6, 6.07) is 14.6. The summed E-state index contributed by atoms with van der Waals surface area (Å²) in [7, 11) is 0. The maximum atomic E-state index is 12.3. The van der Waals surface area contributed by atoms with Gasteiger partial charge in [-0.15, -0.1) is 10.2 Å². The fourth-order valence-corrected chi connectivity index (χ4v) is 3.24. The van der Waals surface area contributed by atoms with Crippen LogP contribution in [0.25, 0.3) is 44.7 Å². The van der Waals surface area contributed by atoms with Crippen molar-refractivity contribution >= 4 is 37.9 Å². The Morgan fingerprint density at radius 2 is 1.73 bits per heavy atom. The number of aromatic nitrogens is 4. The van der Waals surface area contributed by atoms with E-state index < -0.39 is 5.63 Å². The fraction of sp³-hybridized carbons (Fsp3) is 0. The molecule has 0 spiro atoms. The topological polar surface area (TPSA) is 97.8 Å². The average molecular weight is 409 g/mol. The van der Waals surface area contributed by atoms with Crippen LogP contribution in [0.3, 0.4) is 0 Å². The minimum Gasteiger partial charge on any atom is -0.455 e. The van der Waals surface area contributed by atoms with Gasteiger partial charge in [0.15, 0.2) is 5.58 Å². The fourth-order valence-electron chi connectivity index (χ4n) is 2.88. The number of H-pyrrole nitrogens is 1. The summed E-state index contributed by atoms with van der Waals surface area (Å²) >= 11 is 3.43. The van der Waals surface area contributed by atoms with Crippen LogP contribution in [-0.2, 0) is 0 Å². The molecule has 3 aromatic heterocycles. The van der Waals surface area contributed by atoms with Gasteiger partial charge in [0.25, 0.3) is 0 Å². The highest BCUT2D eigenvalue weighted by Gasteiger charge is 2.15. The molecule has 3 heterocycles. The van der Waals surface area contributed by atoms with Gasteiger partial charge in [-0.2, -0.15) is 5.21 Å². The zero-order valence-corrected chi connectivity index (χ0v) is 14.6. The van der Waals surface area contributed by atoms with Crippen LogP contribution in [0.2, 0.25) is 0 Å². The van der Waals surface area contributed by atoms with Crippen molar-refractivity contribution in [2.75, 3.05) is 0 Å². The molecular formula is C18H9BrN4O3. The minimum absolute atomic E-state index is 0.410. The minimum atomic E-state index is -0.423. The highest BCUT2D eigenvalue weighted by atomic mass is 79.9. The molecular weight excluding hydrogens is 400 g/mol. The molecule has 0 saturated heterocycles. The van der Waals surface area contributed by atoms with Crippen LogP contribution in [0, 0.1) is 0 Å². The maximum absolute atomic E-state index is 12.3. The van der Waals surface area contributed by atoms with Crippen LogP contribution in [0.4, 0.5) is 0 Å². The van der Waals surface area contributed by atoms with Crippen LogP contribution in [0.15, 0.2) is 66.6 Å². The molecule has 0 fully saturated rings. The van der Waals surface area contributed by atoms with Crippen LogP contribution in [-0.4, -0.2) is 20.6 Å². The van der Waals surface area contributed by atoms with Crippen molar-refractivity contribution in [1.29, 1.82) is 0 Å². The van der Waals surface area contributed by atoms with Crippen molar-refractivity contribution in [2.24, 2.45) is 0 Å². The third-order valence-corrected chi connectivity index (χ3v) is 4.61. The van der Waals surface area contributed by atoms with Gasteiger partial charge < -0.3 is 8.83 Å². The second-order valence-corrected chi connectivity index (χ2v) is 6.61. The maximum Gasteiger partial charge on any atom is 0.347 e. The Kier molecular flexibility index (Phi) is 3.26. The van der Waals surface area contributed by atoms with E-state index in [1.54, 1.807) is 12.1 Å². The number of nitrogens with zero attached hydrogens (tertiary/aromatic N) is 3. The average Bonchev–Trinajstić information content (AvgIpc) is 3.33. The molecule has 0 saturated carbocycles. The predicted octanol–water partition coefficient (Wildman–Crippen LogP) is 4.15. The first-order valence-corrected chi connectivity index (χ1v) is 8.48. The van der Waals surface area contributed by atoms with E-state index in [1.165, 1.54) is 0 Å². The zero-order valence-electron chi connectivity index (χ0n) is 13.1. The van der Waals surface area contributed by atoms with Gasteiger partial charge in [-0.05, 0) is 29.5 Å². The molecule has 5 aromatic rings. The van der Waals surface area contributed by atoms with Gasteiger partial charge in [-0.25, -0.2) is 4.79 Å². The number of hydrogen-bond acceptors (Lipinski definition) is 6. The third-order valence-electron chi connectivity index (χ3n) is 4.11. The Morgan fingerprint density at radius 1 is 0.923 bits per heavy atom. The molecule has 0 bridgehead atoms. The van der Waals surface area contributed by atoms with Crippen LogP contribution < -0.4 is 5.63 Å². The largest absolute Gasteiger partial charge is 0.455 e. The van der Waals surface area contributed by atoms with Gasteiger partial charge >= 0.3 is 5.63 Å². The standard InChI is InChI=1S/C18H9BrN4O3/c19-11-5-6-14-12(7-11)16-13(18(24)26-14)8-15(25-16)9-1-3-10(4-2-9)17-20-22-23-21-17/h1-8H,(H,20,21,22,23). The lowest BCUT2D eigenvalue weighted by molar-refractivity contribution is 0.565. The molecule has 26 heavy (non-hydrogen) atoms. The Labute approximate surface area is 153 Å². The van der Waals surface area contributed by atoms with Crippen molar-refractivity contribution in [3.05, 3.63) is 63.4 Å². The van der Waals surface area contributed by atoms with Gasteiger partial charge in [0.05, 0.1) is 5.39 Å². The highest BCUT2D eigenvalue weighted by Crippen LogP contribution is 2.32. The molecule has 2 aromatic carbocycles. The van der Waals surface area contributed by atoms with E-state index in [-0.39, 0.29) is 0 Å². The number of hydrogen-bond donors (Lipinski definition) is 1. The molecule has 7 nitrogen and oxygen atoms in total. The van der Waals surface area contributed by atoms with Gasteiger partial charge in [0, 0.05) is 15.6 Å². The highest BCUT2D eigenvalue weighted by molar-refractivity contribution is 9.10. The second-order valence-electron chi connectivity index (χ2n) is 5.70. The number of benzene rings is 2. The first kappa shape index (κ1) is 15.0. The molecule has 1 N–H and O–H groups in total. The van der Waals surface area contributed by atoms with E-state index >= 15 is 0 Å². The van der Waals surface area contributed by atoms with Crippen LogP contribution in [0.5, 0.6) is 0 Å². The van der Waals surface area contributed by atoms with Crippen LogP contribution in [0.1, 0.15) is 0 Å². The summed E-state index contributed by atoms with van der Waals surface area (Å²) in [5, 5.41) is 15.0. The first-order chi connectivity index (χ1) is 12.7. The Balaban J connectivity index is 1.68. The summed E-state index contributed by atoms with van der Waals surface area (Å²) in [5.41, 5.74) is 2.23. The number of fused-ring (bicyclic) bond motifs is 3. The monoisotopic (exact) mass is 408 g/mol. The Morgan fingerprint density at radius 3 is 2.50 bits per heavy atom. The van der Waals surface area contributed by atoms with E-state index in [0.717, 1.165) is 21.0 Å². The normalized spacial score (nSPS) is 11.4. The molecule has 5 rings (SSSR count). The van der Waals surface area contributed by atoms with Gasteiger partial charge in [0.1, 0.15) is 16.7 Å². The van der Waals surface area contributed by atoms with Gasteiger partial charge in [-0.1, -0.05) is 40.2 Å². The SMILES string of the molecule is O=c1oc2ccc(Br)cc2c2oc(-c3ccc(-c4nn[nH]n4)cc3)cc12. The summed E-state index contributed by atoms with van der Waals surface area (Å²) in [4.78, 5) is 12.3. The molecule has 0 radical (unpaired) electrons. The van der Waals surface area contributed by atoms with Gasteiger partial charge in [0.2, 0.25) is 5.82 Å². The quantitative estimate of drug-likeness (QED) is 0.440. The summed E-state index contributed by atoms with van der Waals surface area (Å²) in [6.45, 7) is 0. The van der Waals surface area contributed by atoms with Crippen molar-refractivity contribution in [3.63, 3.8) is 0 Å². The van der Waals surface area contributed by atoms with E-state index in [4.69, 9.17) is 8.83 Å². The van der Waals surface area contributed by atoms with Crippen molar-refractivity contribution in [1.82, 2.24) is 20.6 Å². The first-order valence-electron chi connectivity index (χ1n) is 7.69. The molecule has 8 heteroatoms. The molecule has 0 atom stereocenters. The molecule has 0 aliphatic carbocycles. The molecule has 0 aliphatic rings. The van der Waals surface area contributed by atoms with Crippen molar-refractivity contribution < 1.29 is 8.83 Å². The number of tetrazole rings is 1. The molecule has 0 aliphatic heterocycles. The van der Waals surface area contributed by atoms with Crippen molar-refractivity contribution in [3.8, 4) is 22.7 Å². The summed E-state index contributed by atoms with van der Waals surface area (Å²) in [5.74, 6) is 1.09. The van der Waals surface area contributed by atoms with E-state index in [1.807, 2.05) is 36.4 Å². The Hall–Kier alpha value is -3.26. The number of rotatable bonds is 2. The predicted molar refractivity (Wildman–Crippen MR) is 98.6 cm³/mol. The lowest BCUT2D eigenvalue weighted by Crippen LogP contribution is -1.97. The van der Waals surface area contributed by atoms with Gasteiger partial charge in [-0.3, -0.25) is 0 Å². The zero-order chi connectivity index (χ0) is 17.7. The molecule has 0 unspecified atom stereocenters. The number of halogens is 1. The number of furan rings is 1. The summed E-state index contributed by atoms with van der Waals surface area (Å²) in [6.07, 6.45) is 0. The molecule has 126 valence electrons. The number of aromatic amines is 1. The Bertz CT molecular complexity index is 1300. The van der Waals surface area contributed by atoms with Crippen molar-refractivity contribution in [2.45, 2.75) is 0 Å². The second kappa shape index (κ2) is 5.63. The van der Waals surface area contributed by atoms with E-state index in [9.17, 15) is 4.79 Å². The van der Waals surface area contributed by atoms with E-state index in [2.05, 4.69) is 36.6 Å². The lowest BCUT2D eigenvalue weighted by Gasteiger charge is -1.99. The van der Waals surface area contributed by atoms with E-state index in [0.29, 0.717) is 28.1 Å².